The van der Waals surface area contributed by atoms with E-state index in [9.17, 15) is 0 Å². The molecule has 0 unspecified atom stereocenters. The molecule has 0 heterocycles. The zero-order chi connectivity index (χ0) is 16.4. The van der Waals surface area contributed by atoms with E-state index in [2.05, 4.69) is 67.6 Å². The first-order valence-corrected chi connectivity index (χ1v) is 9.47. The molecule has 0 aromatic heterocycles. The van der Waals surface area contributed by atoms with Crippen molar-refractivity contribution in [3.63, 3.8) is 0 Å². The predicted molar refractivity (Wildman–Crippen MR) is 104 cm³/mol. The molecular formula is C24H26Zr. The van der Waals surface area contributed by atoms with Crippen molar-refractivity contribution in [3.05, 3.63) is 70.1 Å². The van der Waals surface area contributed by atoms with E-state index in [0.29, 0.717) is 0 Å². The quantitative estimate of drug-likeness (QED) is 0.674. The molecule has 0 bridgehead atoms. The summed E-state index contributed by atoms with van der Waals surface area (Å²) in [6.07, 6.45) is 15.3. The van der Waals surface area contributed by atoms with Crippen LogP contribution < -0.4 is 10.4 Å². The molecule has 0 atom stereocenters. The molecule has 2 aromatic rings. The smallest absolute Gasteiger partial charge is 0 e. The van der Waals surface area contributed by atoms with Crippen LogP contribution in [0, 0.1) is 5.92 Å². The van der Waals surface area contributed by atoms with E-state index in [1.807, 2.05) is 0 Å². The van der Waals surface area contributed by atoms with E-state index < -0.39 is 0 Å². The van der Waals surface area contributed by atoms with Gasteiger partial charge < -0.3 is 0 Å². The fourth-order valence-corrected chi connectivity index (χ4v) is 4.10. The zero-order valence-electron chi connectivity index (χ0n) is 15.1. The van der Waals surface area contributed by atoms with Crippen LogP contribution in [0.15, 0.2) is 54.1 Å². The molecule has 1 heteroatoms. The molecule has 0 saturated heterocycles. The average molecular weight is 406 g/mol. The molecule has 4 rings (SSSR count). The summed E-state index contributed by atoms with van der Waals surface area (Å²) in [7, 11) is 0. The van der Waals surface area contributed by atoms with Crippen LogP contribution in [0.2, 0.25) is 0 Å². The summed E-state index contributed by atoms with van der Waals surface area (Å²) >= 11 is 0. The molecular weight excluding hydrogens is 379 g/mol. The Morgan fingerprint density at radius 1 is 0.920 bits per heavy atom. The summed E-state index contributed by atoms with van der Waals surface area (Å²) in [5, 5.41) is 2.76. The zero-order valence-corrected chi connectivity index (χ0v) is 17.6. The molecule has 0 amide bonds. The maximum Gasteiger partial charge on any atom is 0 e. The largest absolute Gasteiger partial charge is 0.0741 e. The second-order valence-electron chi connectivity index (χ2n) is 7.21. The van der Waals surface area contributed by atoms with Gasteiger partial charge in [-0.1, -0.05) is 74.7 Å². The van der Waals surface area contributed by atoms with Gasteiger partial charge in [0, 0.05) is 26.2 Å². The first-order valence-electron chi connectivity index (χ1n) is 9.47. The van der Waals surface area contributed by atoms with E-state index in [-0.39, 0.29) is 26.2 Å². The van der Waals surface area contributed by atoms with Gasteiger partial charge in [-0.15, -0.1) is 0 Å². The van der Waals surface area contributed by atoms with Gasteiger partial charge in [0.25, 0.3) is 0 Å². The van der Waals surface area contributed by atoms with Crippen LogP contribution in [0.25, 0.3) is 23.3 Å². The van der Waals surface area contributed by atoms with Gasteiger partial charge >= 0.3 is 0 Å². The minimum Gasteiger partial charge on any atom is -0.0741 e. The van der Waals surface area contributed by atoms with Crippen LogP contribution in [-0.4, -0.2) is 0 Å². The molecule has 2 aliphatic rings. The Balaban J connectivity index is 0.00000182. The topological polar surface area (TPSA) is 0 Å². The standard InChI is InChI=1S/C24H26.Zr/c1-2-18-11-13-21(14-12-18)23-10-6-9-22-16-20(17-24(22)23)15-19-7-4-3-5-8-19;/h6,9-17,19H,2-5,7-8H2,1H3;. The third-order valence-corrected chi connectivity index (χ3v) is 5.52. The molecule has 0 nitrogen and oxygen atoms in total. The Morgan fingerprint density at radius 2 is 1.68 bits per heavy atom. The van der Waals surface area contributed by atoms with Crippen LogP contribution in [0.5, 0.6) is 0 Å². The van der Waals surface area contributed by atoms with Crippen LogP contribution in [0.1, 0.15) is 44.6 Å². The van der Waals surface area contributed by atoms with E-state index in [4.69, 9.17) is 0 Å². The monoisotopic (exact) mass is 404 g/mol. The van der Waals surface area contributed by atoms with E-state index >= 15 is 0 Å². The summed E-state index contributed by atoms with van der Waals surface area (Å²) in [5.74, 6) is 0.780. The van der Waals surface area contributed by atoms with Crippen molar-refractivity contribution in [1.82, 2.24) is 0 Å². The number of rotatable bonds is 3. The number of hydrogen-bond acceptors (Lipinski definition) is 0. The summed E-state index contributed by atoms with van der Waals surface area (Å²) in [4.78, 5) is 0. The number of aryl methyl sites for hydroxylation is 1. The number of allylic oxidation sites excluding steroid dienone is 2. The molecule has 1 saturated carbocycles. The Labute approximate surface area is 170 Å². The van der Waals surface area contributed by atoms with Crippen LogP contribution in [0.3, 0.4) is 0 Å². The minimum absolute atomic E-state index is 0. The third kappa shape index (κ3) is 4.14. The van der Waals surface area contributed by atoms with Crippen LogP contribution >= 0.6 is 0 Å². The maximum atomic E-state index is 2.52. The molecule has 1 fully saturated rings. The molecule has 2 aliphatic carbocycles. The Bertz CT molecular complexity index is 865. The molecule has 25 heavy (non-hydrogen) atoms. The van der Waals surface area contributed by atoms with Gasteiger partial charge in [0.15, 0.2) is 0 Å². The number of benzene rings is 2. The molecule has 0 radical (unpaired) electrons. The number of fused-ring (bicyclic) bond motifs is 1. The van der Waals surface area contributed by atoms with Gasteiger partial charge in [0.05, 0.1) is 0 Å². The van der Waals surface area contributed by atoms with Gasteiger partial charge in [-0.05, 0) is 70.0 Å². The van der Waals surface area contributed by atoms with Crippen molar-refractivity contribution in [3.8, 4) is 11.1 Å². The third-order valence-electron chi connectivity index (χ3n) is 5.52. The fraction of sp³-hybridized carbons (Fsp3) is 0.333. The van der Waals surface area contributed by atoms with Gasteiger partial charge in [-0.25, -0.2) is 0 Å². The molecule has 2 aromatic carbocycles. The number of hydrogen-bond donors (Lipinski definition) is 0. The second kappa shape index (κ2) is 8.46. The van der Waals surface area contributed by atoms with Crippen molar-refractivity contribution in [2.75, 3.05) is 0 Å². The summed E-state index contributed by atoms with van der Waals surface area (Å²) < 4.78 is 0. The predicted octanol–water partition coefficient (Wildman–Crippen LogP) is 4.99. The van der Waals surface area contributed by atoms with Crippen molar-refractivity contribution in [2.24, 2.45) is 5.92 Å². The fourth-order valence-electron chi connectivity index (χ4n) is 4.10. The van der Waals surface area contributed by atoms with Crippen molar-refractivity contribution >= 4 is 12.2 Å². The van der Waals surface area contributed by atoms with E-state index in [1.165, 1.54) is 64.8 Å². The van der Waals surface area contributed by atoms with E-state index in [1.54, 1.807) is 0 Å². The van der Waals surface area contributed by atoms with Crippen LogP contribution in [-0.2, 0) is 32.6 Å². The molecule has 0 N–H and O–H groups in total. The Morgan fingerprint density at radius 3 is 2.40 bits per heavy atom. The van der Waals surface area contributed by atoms with Crippen molar-refractivity contribution in [1.29, 1.82) is 0 Å². The van der Waals surface area contributed by atoms with E-state index in [0.717, 1.165) is 12.3 Å². The molecule has 0 aliphatic heterocycles. The summed E-state index contributed by atoms with van der Waals surface area (Å²) in [5.41, 5.74) is 5.50. The van der Waals surface area contributed by atoms with Crippen molar-refractivity contribution < 1.29 is 26.2 Å². The second-order valence-corrected chi connectivity index (χ2v) is 7.21. The van der Waals surface area contributed by atoms with Gasteiger partial charge in [-0.2, -0.15) is 0 Å². The van der Waals surface area contributed by atoms with Gasteiger partial charge in [0.2, 0.25) is 0 Å². The first kappa shape index (κ1) is 18.6. The summed E-state index contributed by atoms with van der Waals surface area (Å²) in [6, 6.07) is 15.7. The normalized spacial score (nSPS) is 18.2. The Kier molecular flexibility index (Phi) is 6.29. The summed E-state index contributed by atoms with van der Waals surface area (Å²) in [6.45, 7) is 2.21. The van der Waals surface area contributed by atoms with Gasteiger partial charge in [0.1, 0.15) is 0 Å². The molecule has 0 spiro atoms. The maximum absolute atomic E-state index is 2.52. The SMILES string of the molecule is CCc1ccc(-c2cccc3c2=CC(=CC2CCCCC2)C=3)cc1.[Zr]. The Hall–Kier alpha value is -1.20. The average Bonchev–Trinajstić information content (AvgIpc) is 3.05. The van der Waals surface area contributed by atoms with Gasteiger partial charge in [-0.3, -0.25) is 0 Å². The minimum atomic E-state index is 0. The molecule has 126 valence electrons. The first-order chi connectivity index (χ1) is 11.8. The van der Waals surface area contributed by atoms with Crippen molar-refractivity contribution in [2.45, 2.75) is 45.4 Å². The van der Waals surface area contributed by atoms with Crippen LogP contribution in [0.4, 0.5) is 0 Å².